The van der Waals surface area contributed by atoms with Crippen LogP contribution in [0.3, 0.4) is 0 Å². The van der Waals surface area contributed by atoms with Crippen molar-refractivity contribution in [3.8, 4) is 5.75 Å². The predicted octanol–water partition coefficient (Wildman–Crippen LogP) is 2.77. The van der Waals surface area contributed by atoms with Crippen molar-refractivity contribution in [3.05, 3.63) is 42.0 Å². The third-order valence-corrected chi connectivity index (χ3v) is 5.41. The fraction of sp³-hybridized carbons (Fsp3) is 0.545. The van der Waals surface area contributed by atoms with Crippen molar-refractivity contribution < 1.29 is 19.1 Å². The number of hydrogen-bond donors (Lipinski definition) is 0. The van der Waals surface area contributed by atoms with Gasteiger partial charge in [-0.3, -0.25) is 9.69 Å². The lowest BCUT2D eigenvalue weighted by Gasteiger charge is -2.31. The van der Waals surface area contributed by atoms with E-state index in [0.29, 0.717) is 37.8 Å². The summed E-state index contributed by atoms with van der Waals surface area (Å²) < 4.78 is 13.2. The van der Waals surface area contributed by atoms with Gasteiger partial charge in [-0.05, 0) is 45.7 Å². The molecule has 1 fully saturated rings. The van der Waals surface area contributed by atoms with Crippen LogP contribution in [0.25, 0.3) is 0 Å². The first-order valence-electron chi connectivity index (χ1n) is 10.7. The van der Waals surface area contributed by atoms with Crippen LogP contribution >= 0.6 is 0 Å². The second-order valence-electron chi connectivity index (χ2n) is 8.87. The molecule has 166 valence electrons. The number of ether oxygens (including phenoxy) is 2. The lowest BCUT2D eigenvalue weighted by Crippen LogP contribution is -2.42. The summed E-state index contributed by atoms with van der Waals surface area (Å²) in [7, 11) is 0. The molecule has 1 saturated heterocycles. The molecule has 0 saturated carbocycles. The highest BCUT2D eigenvalue weighted by Crippen LogP contribution is 2.32. The van der Waals surface area contributed by atoms with Crippen LogP contribution in [0.15, 0.2) is 30.3 Å². The molecule has 0 aliphatic carbocycles. The van der Waals surface area contributed by atoms with E-state index < -0.39 is 5.60 Å². The number of amides is 2. The topological polar surface area (TPSA) is 89.8 Å². The van der Waals surface area contributed by atoms with Gasteiger partial charge in [0.2, 0.25) is 0 Å². The van der Waals surface area contributed by atoms with Crippen LogP contribution < -0.4 is 4.74 Å². The van der Waals surface area contributed by atoms with E-state index in [0.717, 1.165) is 18.7 Å². The molecule has 1 aromatic carbocycles. The fourth-order valence-corrected chi connectivity index (χ4v) is 3.99. The van der Waals surface area contributed by atoms with Crippen molar-refractivity contribution in [2.45, 2.75) is 58.3 Å². The Morgan fingerprint density at radius 2 is 1.87 bits per heavy atom. The highest BCUT2D eigenvalue weighted by Gasteiger charge is 2.36. The summed E-state index contributed by atoms with van der Waals surface area (Å²) in [5, 5.41) is 8.71. The highest BCUT2D eigenvalue weighted by molar-refractivity contribution is 5.78. The molecule has 4 rings (SSSR count). The van der Waals surface area contributed by atoms with Crippen molar-refractivity contribution in [2.75, 3.05) is 19.7 Å². The number of hydrogen-bond acceptors (Lipinski definition) is 6. The van der Waals surface area contributed by atoms with E-state index in [1.807, 2.05) is 60.6 Å². The third kappa shape index (κ3) is 4.81. The summed E-state index contributed by atoms with van der Waals surface area (Å²) in [6, 6.07) is 9.20. The molecular formula is C22H29N5O4. The van der Waals surface area contributed by atoms with E-state index in [-0.39, 0.29) is 24.6 Å². The number of carbonyl (C=O) groups excluding carboxylic acids is 2. The lowest BCUT2D eigenvalue weighted by molar-refractivity contribution is -0.134. The van der Waals surface area contributed by atoms with Crippen molar-refractivity contribution in [3.63, 3.8) is 0 Å². The van der Waals surface area contributed by atoms with Gasteiger partial charge >= 0.3 is 6.09 Å². The lowest BCUT2D eigenvalue weighted by atomic mass is 10.2. The Balaban J connectivity index is 1.42. The molecule has 0 radical (unpaired) electrons. The van der Waals surface area contributed by atoms with Gasteiger partial charge in [0.25, 0.3) is 5.91 Å². The fourth-order valence-electron chi connectivity index (χ4n) is 3.99. The van der Waals surface area contributed by atoms with E-state index in [9.17, 15) is 9.59 Å². The minimum absolute atomic E-state index is 0.00602. The van der Waals surface area contributed by atoms with Crippen LogP contribution in [0, 0.1) is 0 Å². The van der Waals surface area contributed by atoms with E-state index in [4.69, 9.17) is 9.47 Å². The molecule has 1 atom stereocenters. The molecule has 9 heteroatoms. The van der Waals surface area contributed by atoms with Crippen LogP contribution in [0.4, 0.5) is 4.79 Å². The molecule has 2 aliphatic rings. The minimum Gasteiger partial charge on any atom is -0.484 e. The second-order valence-corrected chi connectivity index (χ2v) is 8.87. The minimum atomic E-state index is -0.542. The number of likely N-dealkylation sites (tertiary alicyclic amines) is 1. The monoisotopic (exact) mass is 427 g/mol. The summed E-state index contributed by atoms with van der Waals surface area (Å²) in [6.07, 6.45) is 1.40. The Hall–Kier alpha value is -3.10. The van der Waals surface area contributed by atoms with Gasteiger partial charge in [0.1, 0.15) is 11.4 Å². The van der Waals surface area contributed by atoms with Crippen LogP contribution in [-0.4, -0.2) is 61.9 Å². The Labute approximate surface area is 181 Å². The third-order valence-electron chi connectivity index (χ3n) is 5.41. The Bertz CT molecular complexity index is 937. The first-order chi connectivity index (χ1) is 14.8. The molecule has 2 aliphatic heterocycles. The summed E-state index contributed by atoms with van der Waals surface area (Å²) in [6.45, 7) is 7.66. The van der Waals surface area contributed by atoms with Crippen molar-refractivity contribution in [1.29, 1.82) is 0 Å². The molecule has 0 N–H and O–H groups in total. The number of aromatic nitrogens is 3. The molecule has 1 unspecified atom stereocenters. The number of carbonyl (C=O) groups is 2. The van der Waals surface area contributed by atoms with E-state index in [1.165, 1.54) is 0 Å². The van der Waals surface area contributed by atoms with Gasteiger partial charge in [-0.1, -0.05) is 18.2 Å². The predicted molar refractivity (Wildman–Crippen MR) is 112 cm³/mol. The average molecular weight is 428 g/mol. The van der Waals surface area contributed by atoms with Crippen LogP contribution in [0.5, 0.6) is 5.75 Å². The van der Waals surface area contributed by atoms with Crippen molar-refractivity contribution in [1.82, 2.24) is 24.6 Å². The van der Waals surface area contributed by atoms with E-state index in [1.54, 1.807) is 4.90 Å². The summed E-state index contributed by atoms with van der Waals surface area (Å²) in [4.78, 5) is 28.7. The van der Waals surface area contributed by atoms with Gasteiger partial charge in [0, 0.05) is 19.6 Å². The van der Waals surface area contributed by atoms with Crippen LogP contribution in [0.2, 0.25) is 0 Å². The number of benzene rings is 1. The Morgan fingerprint density at radius 3 is 2.61 bits per heavy atom. The second kappa shape index (κ2) is 8.56. The van der Waals surface area contributed by atoms with Crippen LogP contribution in [0.1, 0.15) is 51.3 Å². The largest absolute Gasteiger partial charge is 0.484 e. The van der Waals surface area contributed by atoms with Gasteiger partial charge < -0.3 is 18.9 Å². The molecule has 2 aromatic rings. The zero-order valence-electron chi connectivity index (χ0n) is 18.3. The molecule has 9 nitrogen and oxygen atoms in total. The standard InChI is InChI=1S/C22H29N5O4/c1-22(2,3)31-21(29)25-12-13-27-18(14-25)23-24-20(27)17-10-7-11-26(17)19(28)15-30-16-8-5-4-6-9-16/h4-6,8-9,17H,7,10-15H2,1-3H3. The molecule has 2 amide bonds. The summed E-state index contributed by atoms with van der Waals surface area (Å²) in [5.41, 5.74) is -0.542. The van der Waals surface area contributed by atoms with Gasteiger partial charge in [-0.15, -0.1) is 10.2 Å². The molecule has 3 heterocycles. The average Bonchev–Trinajstić information content (AvgIpc) is 3.37. The van der Waals surface area contributed by atoms with Gasteiger partial charge in [0.15, 0.2) is 18.3 Å². The maximum Gasteiger partial charge on any atom is 0.410 e. The maximum atomic E-state index is 12.8. The molecular weight excluding hydrogens is 398 g/mol. The van der Waals surface area contributed by atoms with E-state index in [2.05, 4.69) is 10.2 Å². The maximum absolute atomic E-state index is 12.8. The van der Waals surface area contributed by atoms with Crippen molar-refractivity contribution >= 4 is 12.0 Å². The molecule has 0 bridgehead atoms. The normalized spacial score (nSPS) is 18.6. The summed E-state index contributed by atoms with van der Waals surface area (Å²) >= 11 is 0. The molecule has 1 aromatic heterocycles. The highest BCUT2D eigenvalue weighted by atomic mass is 16.6. The molecule has 31 heavy (non-hydrogen) atoms. The zero-order chi connectivity index (χ0) is 22.0. The quantitative estimate of drug-likeness (QED) is 0.745. The summed E-state index contributed by atoms with van der Waals surface area (Å²) in [5.74, 6) is 2.11. The van der Waals surface area contributed by atoms with E-state index >= 15 is 0 Å². The Morgan fingerprint density at radius 1 is 1.10 bits per heavy atom. The number of fused-ring (bicyclic) bond motifs is 1. The zero-order valence-corrected chi connectivity index (χ0v) is 18.3. The number of rotatable bonds is 4. The first kappa shape index (κ1) is 21.1. The van der Waals surface area contributed by atoms with Crippen molar-refractivity contribution in [2.24, 2.45) is 0 Å². The van der Waals surface area contributed by atoms with Gasteiger partial charge in [0.05, 0.1) is 12.6 Å². The van der Waals surface area contributed by atoms with Gasteiger partial charge in [-0.2, -0.15) is 0 Å². The number of nitrogens with zero attached hydrogens (tertiary/aromatic N) is 5. The number of para-hydroxylation sites is 1. The SMILES string of the molecule is CC(C)(C)OC(=O)N1CCn2c(nnc2C2CCCN2C(=O)COc2ccccc2)C1. The molecule has 0 spiro atoms. The Kier molecular flexibility index (Phi) is 5.84. The first-order valence-corrected chi connectivity index (χ1v) is 10.7. The smallest absolute Gasteiger partial charge is 0.410 e. The van der Waals surface area contributed by atoms with Crippen LogP contribution in [-0.2, 0) is 22.6 Å². The van der Waals surface area contributed by atoms with Gasteiger partial charge in [-0.25, -0.2) is 4.79 Å².